The summed E-state index contributed by atoms with van der Waals surface area (Å²) >= 11 is 12.4. The number of ether oxygens (including phenoxy) is 2. The van der Waals surface area contributed by atoms with Crippen LogP contribution in [0.2, 0.25) is 10.0 Å². The highest BCUT2D eigenvalue weighted by molar-refractivity contribution is 6.39. The summed E-state index contributed by atoms with van der Waals surface area (Å²) in [6.07, 6.45) is -0.0448. The quantitative estimate of drug-likeness (QED) is 0.122. The number of hydrazine groups is 1. The Kier molecular flexibility index (Phi) is 9.27. The van der Waals surface area contributed by atoms with E-state index in [0.29, 0.717) is 50.7 Å². The third kappa shape index (κ3) is 6.96. The number of amidine groups is 1. The van der Waals surface area contributed by atoms with Crippen LogP contribution in [-0.2, 0) is 4.79 Å². The Bertz CT molecular complexity index is 1200. The van der Waals surface area contributed by atoms with Gasteiger partial charge in [-0.1, -0.05) is 35.3 Å². The van der Waals surface area contributed by atoms with Crippen LogP contribution >= 0.6 is 23.2 Å². The van der Waals surface area contributed by atoms with E-state index < -0.39 is 11.9 Å². The molecule has 0 radical (unpaired) electrons. The van der Waals surface area contributed by atoms with Crippen molar-refractivity contribution in [2.75, 3.05) is 17.3 Å². The van der Waals surface area contributed by atoms with Crippen LogP contribution in [0.15, 0.2) is 60.7 Å². The molecule has 1 unspecified atom stereocenters. The lowest BCUT2D eigenvalue weighted by Gasteiger charge is -2.23. The maximum absolute atomic E-state index is 13.4. The van der Waals surface area contributed by atoms with Crippen molar-refractivity contribution >= 4 is 46.3 Å². The van der Waals surface area contributed by atoms with Gasteiger partial charge in [-0.3, -0.25) is 21.1 Å². The van der Waals surface area contributed by atoms with Gasteiger partial charge in [-0.15, -0.1) is 0 Å². The summed E-state index contributed by atoms with van der Waals surface area (Å²) in [7, 11) is 0. The van der Waals surface area contributed by atoms with Crippen LogP contribution in [0.5, 0.6) is 11.5 Å². The highest BCUT2D eigenvalue weighted by Crippen LogP contribution is 2.33. The summed E-state index contributed by atoms with van der Waals surface area (Å²) in [5.74, 6) is 0.666. The molecule has 0 aliphatic carbocycles. The van der Waals surface area contributed by atoms with E-state index in [1.54, 1.807) is 60.7 Å². The molecule has 0 fully saturated rings. The van der Waals surface area contributed by atoms with Crippen molar-refractivity contribution in [2.45, 2.75) is 32.9 Å². The molecule has 1 atom stereocenters. The average Bonchev–Trinajstić information content (AvgIpc) is 2.83. The molecular weight excluding hydrogens is 501 g/mol. The second kappa shape index (κ2) is 12.4. The van der Waals surface area contributed by atoms with E-state index in [-0.39, 0.29) is 11.9 Å². The van der Waals surface area contributed by atoms with Gasteiger partial charge in [0.2, 0.25) is 0 Å². The zero-order valence-corrected chi connectivity index (χ0v) is 21.7. The lowest BCUT2D eigenvalue weighted by Crippen LogP contribution is -2.37. The first-order chi connectivity index (χ1) is 17.2. The van der Waals surface area contributed by atoms with Gasteiger partial charge in [0.15, 0.2) is 11.5 Å². The van der Waals surface area contributed by atoms with E-state index in [2.05, 4.69) is 16.2 Å². The molecule has 0 saturated carbocycles. The van der Waals surface area contributed by atoms with Crippen LogP contribution in [0.1, 0.15) is 37.9 Å². The fourth-order valence-electron chi connectivity index (χ4n) is 3.35. The SMILES string of the molecule is CCOc1cc(C(Nc2ccc(C(=N)N)cc2)C(=O)NNc2c(Cl)cccc2Cl)ccc1OC(C)C. The second-order valence-corrected chi connectivity index (χ2v) is 8.90. The molecule has 3 aromatic carbocycles. The van der Waals surface area contributed by atoms with Gasteiger partial charge < -0.3 is 20.5 Å². The summed E-state index contributed by atoms with van der Waals surface area (Å²) in [5, 5.41) is 11.5. The number of para-hydroxylation sites is 1. The van der Waals surface area contributed by atoms with Gasteiger partial charge in [0.25, 0.3) is 5.91 Å². The number of hydrogen-bond acceptors (Lipinski definition) is 6. The van der Waals surface area contributed by atoms with E-state index in [9.17, 15) is 4.79 Å². The third-order valence-electron chi connectivity index (χ3n) is 5.01. The van der Waals surface area contributed by atoms with Gasteiger partial charge in [0, 0.05) is 11.3 Å². The van der Waals surface area contributed by atoms with Gasteiger partial charge in [0.05, 0.1) is 28.4 Å². The summed E-state index contributed by atoms with van der Waals surface area (Å²) in [4.78, 5) is 13.4. The molecule has 0 spiro atoms. The smallest absolute Gasteiger partial charge is 0.265 e. The molecule has 0 saturated heterocycles. The molecule has 3 rings (SSSR count). The Hall–Kier alpha value is -3.62. The molecule has 36 heavy (non-hydrogen) atoms. The largest absolute Gasteiger partial charge is 0.490 e. The Morgan fingerprint density at radius 1 is 1.03 bits per heavy atom. The number of carbonyl (C=O) groups excluding carboxylic acids is 1. The van der Waals surface area contributed by atoms with Crippen LogP contribution < -0.4 is 31.4 Å². The lowest BCUT2D eigenvalue weighted by atomic mass is 10.0. The molecule has 3 aromatic rings. The summed E-state index contributed by atoms with van der Waals surface area (Å²) in [6, 6.07) is 16.4. The third-order valence-corrected chi connectivity index (χ3v) is 5.64. The summed E-state index contributed by atoms with van der Waals surface area (Å²) < 4.78 is 11.6. The Morgan fingerprint density at radius 2 is 1.69 bits per heavy atom. The second-order valence-electron chi connectivity index (χ2n) is 8.09. The van der Waals surface area contributed by atoms with E-state index in [0.717, 1.165) is 0 Å². The van der Waals surface area contributed by atoms with Crippen LogP contribution in [0.4, 0.5) is 11.4 Å². The number of anilines is 2. The van der Waals surface area contributed by atoms with Crippen molar-refractivity contribution in [1.29, 1.82) is 5.41 Å². The van der Waals surface area contributed by atoms with E-state index in [1.807, 2.05) is 20.8 Å². The number of benzene rings is 3. The lowest BCUT2D eigenvalue weighted by molar-refractivity contribution is -0.121. The average molecular weight is 530 g/mol. The van der Waals surface area contributed by atoms with Gasteiger partial charge in [-0.05, 0) is 74.9 Å². The monoisotopic (exact) mass is 529 g/mol. The normalized spacial score (nSPS) is 11.5. The molecule has 10 heteroatoms. The number of nitrogen functional groups attached to an aromatic ring is 1. The highest BCUT2D eigenvalue weighted by atomic mass is 35.5. The number of nitrogens with one attached hydrogen (secondary N) is 4. The molecule has 6 N–H and O–H groups in total. The number of rotatable bonds is 11. The van der Waals surface area contributed by atoms with E-state index in [4.69, 9.17) is 43.8 Å². The van der Waals surface area contributed by atoms with Crippen molar-refractivity contribution in [1.82, 2.24) is 5.43 Å². The number of amides is 1. The Balaban J connectivity index is 1.93. The maximum Gasteiger partial charge on any atom is 0.265 e. The number of halogens is 2. The molecule has 1 amide bonds. The molecule has 8 nitrogen and oxygen atoms in total. The van der Waals surface area contributed by atoms with Crippen LogP contribution in [0.25, 0.3) is 0 Å². The standard InChI is InChI=1S/C26H29Cl2N5O3/c1-4-35-22-14-17(10-13-21(22)36-15(2)3)23(31-18-11-8-16(9-12-18)25(29)30)26(34)33-32-24-19(27)6-5-7-20(24)28/h5-15,23,31-32H,4H2,1-3H3,(H3,29,30)(H,33,34). The molecule has 0 aliphatic rings. The molecular formula is C26H29Cl2N5O3. The van der Waals surface area contributed by atoms with Crippen molar-refractivity contribution in [3.63, 3.8) is 0 Å². The minimum absolute atomic E-state index is 0.0428. The van der Waals surface area contributed by atoms with Gasteiger partial charge in [-0.2, -0.15) is 0 Å². The molecule has 190 valence electrons. The molecule has 0 heterocycles. The minimum Gasteiger partial charge on any atom is -0.490 e. The predicted molar refractivity (Wildman–Crippen MR) is 145 cm³/mol. The first-order valence-electron chi connectivity index (χ1n) is 11.3. The Labute approximate surface area is 220 Å². The minimum atomic E-state index is -0.839. The van der Waals surface area contributed by atoms with Crippen molar-refractivity contribution in [2.24, 2.45) is 5.73 Å². The predicted octanol–water partition coefficient (Wildman–Crippen LogP) is 5.76. The number of carbonyl (C=O) groups is 1. The topological polar surface area (TPSA) is 121 Å². The summed E-state index contributed by atoms with van der Waals surface area (Å²) in [6.45, 7) is 6.17. The number of hydrogen-bond donors (Lipinski definition) is 5. The van der Waals surface area contributed by atoms with Crippen molar-refractivity contribution < 1.29 is 14.3 Å². The number of nitrogens with two attached hydrogens (primary N) is 1. The Morgan fingerprint density at radius 3 is 2.28 bits per heavy atom. The molecule has 0 aliphatic heterocycles. The first-order valence-corrected chi connectivity index (χ1v) is 12.1. The highest BCUT2D eigenvalue weighted by Gasteiger charge is 2.23. The summed E-state index contributed by atoms with van der Waals surface area (Å²) in [5.41, 5.74) is 13.3. The molecule has 0 bridgehead atoms. The maximum atomic E-state index is 13.4. The fourth-order valence-corrected chi connectivity index (χ4v) is 3.84. The van der Waals surface area contributed by atoms with Crippen molar-refractivity contribution in [3.05, 3.63) is 81.8 Å². The van der Waals surface area contributed by atoms with E-state index in [1.165, 1.54) is 0 Å². The molecule has 0 aromatic heterocycles. The van der Waals surface area contributed by atoms with Crippen LogP contribution in [0, 0.1) is 5.41 Å². The van der Waals surface area contributed by atoms with Crippen molar-refractivity contribution in [3.8, 4) is 11.5 Å². The van der Waals surface area contributed by atoms with Crippen LogP contribution in [0.3, 0.4) is 0 Å². The van der Waals surface area contributed by atoms with Gasteiger partial charge >= 0.3 is 0 Å². The fraction of sp³-hybridized carbons (Fsp3) is 0.231. The van der Waals surface area contributed by atoms with Crippen LogP contribution in [-0.4, -0.2) is 24.5 Å². The van der Waals surface area contributed by atoms with Gasteiger partial charge in [0.1, 0.15) is 11.9 Å². The van der Waals surface area contributed by atoms with Gasteiger partial charge in [-0.25, -0.2) is 0 Å². The first kappa shape index (κ1) is 27.0. The zero-order valence-electron chi connectivity index (χ0n) is 20.2. The zero-order chi connectivity index (χ0) is 26.2. The van der Waals surface area contributed by atoms with E-state index >= 15 is 0 Å².